The summed E-state index contributed by atoms with van der Waals surface area (Å²) in [7, 11) is 0. The first-order chi connectivity index (χ1) is 11.1. The van der Waals surface area contributed by atoms with Crippen LogP contribution in [0.25, 0.3) is 5.69 Å². The number of hydrogen-bond acceptors (Lipinski definition) is 3. The van der Waals surface area contributed by atoms with E-state index < -0.39 is 0 Å². The van der Waals surface area contributed by atoms with Gasteiger partial charge in [0.2, 0.25) is 5.91 Å². The normalized spacial score (nSPS) is 14.9. The molecule has 2 heterocycles. The van der Waals surface area contributed by atoms with Crippen LogP contribution >= 0.6 is 12.4 Å². The molecule has 1 aliphatic heterocycles. The van der Waals surface area contributed by atoms with E-state index in [9.17, 15) is 4.79 Å². The van der Waals surface area contributed by atoms with E-state index in [2.05, 4.69) is 15.7 Å². The van der Waals surface area contributed by atoms with Crippen LogP contribution in [-0.2, 0) is 11.2 Å². The lowest BCUT2D eigenvalue weighted by Gasteiger charge is -2.23. The van der Waals surface area contributed by atoms with Crippen LogP contribution in [0.4, 0.5) is 0 Å². The van der Waals surface area contributed by atoms with Gasteiger partial charge < -0.3 is 10.6 Å². The molecule has 6 heteroatoms. The molecular formula is C18H25ClN4O. The number of piperidine rings is 1. The number of aryl methyl sites for hydroxylation is 1. The Hall–Kier alpha value is -1.85. The zero-order chi connectivity index (χ0) is 16.2. The Morgan fingerprint density at radius 3 is 2.58 bits per heavy atom. The van der Waals surface area contributed by atoms with Crippen molar-refractivity contribution in [2.45, 2.75) is 39.2 Å². The van der Waals surface area contributed by atoms with Gasteiger partial charge in [-0.3, -0.25) is 4.79 Å². The van der Waals surface area contributed by atoms with Crippen LogP contribution in [0.15, 0.2) is 30.3 Å². The maximum absolute atomic E-state index is 12.4. The van der Waals surface area contributed by atoms with Crippen molar-refractivity contribution in [3.8, 4) is 5.69 Å². The highest BCUT2D eigenvalue weighted by molar-refractivity contribution is 5.85. The van der Waals surface area contributed by atoms with Crippen LogP contribution in [0.1, 0.15) is 29.8 Å². The molecule has 0 saturated carbocycles. The number of amides is 1. The number of carbonyl (C=O) groups is 1. The Labute approximate surface area is 149 Å². The summed E-state index contributed by atoms with van der Waals surface area (Å²) in [6.07, 6.45) is 2.41. The molecule has 2 N–H and O–H groups in total. The van der Waals surface area contributed by atoms with Crippen LogP contribution in [0.2, 0.25) is 0 Å². The monoisotopic (exact) mass is 348 g/mol. The van der Waals surface area contributed by atoms with Gasteiger partial charge in [0.05, 0.1) is 17.8 Å². The number of para-hydroxylation sites is 1. The van der Waals surface area contributed by atoms with E-state index in [1.807, 2.05) is 48.9 Å². The van der Waals surface area contributed by atoms with Crippen LogP contribution in [0.5, 0.6) is 0 Å². The number of nitrogens with one attached hydrogen (secondary N) is 2. The number of halogens is 1. The Bertz CT molecular complexity index is 678. The molecule has 0 unspecified atom stereocenters. The second-order valence-corrected chi connectivity index (χ2v) is 6.17. The molecule has 1 aromatic heterocycles. The first-order valence-corrected chi connectivity index (χ1v) is 8.26. The van der Waals surface area contributed by atoms with Crippen molar-refractivity contribution in [3.63, 3.8) is 0 Å². The van der Waals surface area contributed by atoms with Crippen molar-refractivity contribution in [1.82, 2.24) is 20.4 Å². The minimum Gasteiger partial charge on any atom is -0.353 e. The zero-order valence-electron chi connectivity index (χ0n) is 14.2. The smallest absolute Gasteiger partial charge is 0.224 e. The molecule has 1 fully saturated rings. The van der Waals surface area contributed by atoms with E-state index in [1.165, 1.54) is 0 Å². The van der Waals surface area contributed by atoms with E-state index >= 15 is 0 Å². The number of hydrogen-bond donors (Lipinski definition) is 2. The van der Waals surface area contributed by atoms with E-state index in [1.54, 1.807) is 0 Å². The molecule has 1 aliphatic rings. The second kappa shape index (κ2) is 8.31. The zero-order valence-corrected chi connectivity index (χ0v) is 15.0. The molecule has 3 rings (SSSR count). The molecule has 5 nitrogen and oxygen atoms in total. The fourth-order valence-electron chi connectivity index (χ4n) is 3.16. The fraction of sp³-hybridized carbons (Fsp3) is 0.444. The van der Waals surface area contributed by atoms with Gasteiger partial charge in [0, 0.05) is 17.3 Å². The molecule has 2 aromatic rings. The van der Waals surface area contributed by atoms with Gasteiger partial charge in [-0.05, 0) is 51.9 Å². The molecule has 1 aromatic carbocycles. The minimum atomic E-state index is 0. The van der Waals surface area contributed by atoms with E-state index in [4.69, 9.17) is 0 Å². The van der Waals surface area contributed by atoms with E-state index in [0.717, 1.165) is 48.6 Å². The van der Waals surface area contributed by atoms with Crippen LogP contribution in [0, 0.1) is 13.8 Å². The Kier molecular flexibility index (Phi) is 6.40. The number of benzene rings is 1. The highest BCUT2D eigenvalue weighted by atomic mass is 35.5. The highest BCUT2D eigenvalue weighted by Crippen LogP contribution is 2.18. The van der Waals surface area contributed by atoms with Gasteiger partial charge >= 0.3 is 0 Å². The van der Waals surface area contributed by atoms with Crippen molar-refractivity contribution >= 4 is 18.3 Å². The first-order valence-electron chi connectivity index (χ1n) is 8.26. The number of carbonyl (C=O) groups excluding carboxylic acids is 1. The van der Waals surface area contributed by atoms with Crippen molar-refractivity contribution in [3.05, 3.63) is 47.3 Å². The van der Waals surface area contributed by atoms with Gasteiger partial charge in [0.15, 0.2) is 0 Å². The SMILES string of the molecule is Cc1nn(-c2ccccc2)c(C)c1CC(=O)NC1CCNCC1.Cl. The van der Waals surface area contributed by atoms with Crippen molar-refractivity contribution in [1.29, 1.82) is 0 Å². The number of aromatic nitrogens is 2. The average molecular weight is 349 g/mol. The van der Waals surface area contributed by atoms with Gasteiger partial charge in [0.25, 0.3) is 0 Å². The van der Waals surface area contributed by atoms with Crippen LogP contribution < -0.4 is 10.6 Å². The third kappa shape index (κ3) is 4.16. The molecule has 0 radical (unpaired) electrons. The summed E-state index contributed by atoms with van der Waals surface area (Å²) in [4.78, 5) is 12.4. The second-order valence-electron chi connectivity index (χ2n) is 6.17. The van der Waals surface area contributed by atoms with Gasteiger partial charge in [-0.2, -0.15) is 5.10 Å². The third-order valence-electron chi connectivity index (χ3n) is 4.48. The summed E-state index contributed by atoms with van der Waals surface area (Å²) >= 11 is 0. The number of nitrogens with zero attached hydrogens (tertiary/aromatic N) is 2. The van der Waals surface area contributed by atoms with Gasteiger partial charge in [-0.1, -0.05) is 18.2 Å². The quantitative estimate of drug-likeness (QED) is 0.891. The predicted octanol–water partition coefficient (Wildman–Crippen LogP) is 2.32. The lowest BCUT2D eigenvalue weighted by Crippen LogP contribution is -2.43. The Balaban J connectivity index is 0.00000208. The molecule has 24 heavy (non-hydrogen) atoms. The maximum atomic E-state index is 12.4. The molecule has 0 atom stereocenters. The molecular weight excluding hydrogens is 324 g/mol. The summed E-state index contributed by atoms with van der Waals surface area (Å²) in [6.45, 7) is 5.96. The Morgan fingerprint density at radius 1 is 1.25 bits per heavy atom. The van der Waals surface area contributed by atoms with E-state index in [-0.39, 0.29) is 18.3 Å². The average Bonchev–Trinajstić information content (AvgIpc) is 2.85. The summed E-state index contributed by atoms with van der Waals surface area (Å²) in [6, 6.07) is 10.3. The molecule has 130 valence electrons. The summed E-state index contributed by atoms with van der Waals surface area (Å²) in [5, 5.41) is 11.1. The van der Waals surface area contributed by atoms with Crippen molar-refractivity contribution in [2.75, 3.05) is 13.1 Å². The van der Waals surface area contributed by atoms with Crippen LogP contribution in [0.3, 0.4) is 0 Å². The molecule has 1 amide bonds. The largest absolute Gasteiger partial charge is 0.353 e. The van der Waals surface area contributed by atoms with Gasteiger partial charge in [-0.15, -0.1) is 12.4 Å². The highest BCUT2D eigenvalue weighted by Gasteiger charge is 2.19. The summed E-state index contributed by atoms with van der Waals surface area (Å²) < 4.78 is 1.92. The fourth-order valence-corrected chi connectivity index (χ4v) is 3.16. The van der Waals surface area contributed by atoms with E-state index in [0.29, 0.717) is 12.5 Å². The van der Waals surface area contributed by atoms with Crippen molar-refractivity contribution in [2.24, 2.45) is 0 Å². The Morgan fingerprint density at radius 2 is 1.92 bits per heavy atom. The maximum Gasteiger partial charge on any atom is 0.224 e. The van der Waals surface area contributed by atoms with Crippen LogP contribution in [-0.4, -0.2) is 34.8 Å². The molecule has 0 aliphatic carbocycles. The minimum absolute atomic E-state index is 0. The molecule has 1 saturated heterocycles. The van der Waals surface area contributed by atoms with Gasteiger partial charge in [-0.25, -0.2) is 4.68 Å². The predicted molar refractivity (Wildman–Crippen MR) is 98.0 cm³/mol. The molecule has 0 bridgehead atoms. The lowest BCUT2D eigenvalue weighted by atomic mass is 10.1. The van der Waals surface area contributed by atoms with Crippen molar-refractivity contribution < 1.29 is 4.79 Å². The lowest BCUT2D eigenvalue weighted by molar-refractivity contribution is -0.121. The summed E-state index contributed by atoms with van der Waals surface area (Å²) in [5.41, 5.74) is 4.01. The topological polar surface area (TPSA) is 59.0 Å². The summed E-state index contributed by atoms with van der Waals surface area (Å²) in [5.74, 6) is 0.0933. The standard InChI is InChI=1S/C18H24N4O.ClH/c1-13-17(12-18(23)20-15-8-10-19-11-9-15)14(2)22(21-13)16-6-4-3-5-7-16;/h3-7,15,19H,8-12H2,1-2H3,(H,20,23);1H. The first kappa shape index (κ1) is 18.5. The number of rotatable bonds is 4. The van der Waals surface area contributed by atoms with Gasteiger partial charge in [0.1, 0.15) is 0 Å². The molecule has 0 spiro atoms. The third-order valence-corrected chi connectivity index (χ3v) is 4.48.